The second-order valence-electron chi connectivity index (χ2n) is 4.93. The van der Waals surface area contributed by atoms with Crippen molar-refractivity contribution in [2.75, 3.05) is 37.7 Å². The van der Waals surface area contributed by atoms with Crippen molar-refractivity contribution in [3.05, 3.63) is 0 Å². The Balaban J connectivity index is 1.61. The minimum atomic E-state index is -0.865. The zero-order valence-corrected chi connectivity index (χ0v) is 11.0. The van der Waals surface area contributed by atoms with Crippen LogP contribution in [0.15, 0.2) is 0 Å². The summed E-state index contributed by atoms with van der Waals surface area (Å²) in [4.78, 5) is 12.9. The molecular formula is C12H21NO3S. The molecule has 1 unspecified atom stereocenters. The molecule has 1 N–H and O–H groups in total. The van der Waals surface area contributed by atoms with Crippen LogP contribution in [0.4, 0.5) is 0 Å². The Kier molecular flexibility index (Phi) is 5.13. The van der Waals surface area contributed by atoms with Gasteiger partial charge in [-0.2, -0.15) is 11.8 Å². The van der Waals surface area contributed by atoms with Crippen molar-refractivity contribution in [1.82, 2.24) is 4.90 Å². The second-order valence-corrected chi connectivity index (χ2v) is 6.08. The predicted molar refractivity (Wildman–Crippen MR) is 68.5 cm³/mol. The van der Waals surface area contributed by atoms with Crippen LogP contribution in [-0.4, -0.2) is 59.8 Å². The second kappa shape index (κ2) is 6.61. The SMILES string of the molecule is O=C(O)COC1CCN(CC2CCSC2)CC1. The number of hydrogen-bond acceptors (Lipinski definition) is 4. The molecular weight excluding hydrogens is 238 g/mol. The number of nitrogens with zero attached hydrogens (tertiary/aromatic N) is 1. The zero-order valence-electron chi connectivity index (χ0n) is 10.1. The van der Waals surface area contributed by atoms with Gasteiger partial charge in [0.25, 0.3) is 0 Å². The van der Waals surface area contributed by atoms with Crippen molar-refractivity contribution in [3.63, 3.8) is 0 Å². The largest absolute Gasteiger partial charge is 0.480 e. The van der Waals surface area contributed by atoms with E-state index in [2.05, 4.69) is 16.7 Å². The first-order valence-electron chi connectivity index (χ1n) is 6.37. The highest BCUT2D eigenvalue weighted by Crippen LogP contribution is 2.25. The normalized spacial score (nSPS) is 27.4. The first-order valence-corrected chi connectivity index (χ1v) is 7.53. The molecule has 4 nitrogen and oxygen atoms in total. The van der Waals surface area contributed by atoms with Gasteiger partial charge in [0.05, 0.1) is 6.10 Å². The van der Waals surface area contributed by atoms with Gasteiger partial charge in [0.15, 0.2) is 0 Å². The summed E-state index contributed by atoms with van der Waals surface area (Å²) in [5.74, 6) is 2.64. The lowest BCUT2D eigenvalue weighted by molar-refractivity contribution is -0.145. The molecule has 0 aromatic rings. The van der Waals surface area contributed by atoms with E-state index in [0.29, 0.717) is 0 Å². The van der Waals surface area contributed by atoms with Crippen molar-refractivity contribution in [2.45, 2.75) is 25.4 Å². The number of thioether (sulfide) groups is 1. The van der Waals surface area contributed by atoms with Gasteiger partial charge < -0.3 is 14.7 Å². The summed E-state index contributed by atoms with van der Waals surface area (Å²) < 4.78 is 5.33. The van der Waals surface area contributed by atoms with Gasteiger partial charge in [-0.1, -0.05) is 0 Å². The maximum absolute atomic E-state index is 10.4. The highest BCUT2D eigenvalue weighted by molar-refractivity contribution is 7.99. The third-order valence-corrected chi connectivity index (χ3v) is 4.75. The molecule has 0 amide bonds. The first kappa shape index (κ1) is 13.2. The Morgan fingerprint density at radius 2 is 2.12 bits per heavy atom. The number of rotatable bonds is 5. The number of ether oxygens (including phenoxy) is 1. The smallest absolute Gasteiger partial charge is 0.329 e. The van der Waals surface area contributed by atoms with Gasteiger partial charge in [0.2, 0.25) is 0 Å². The summed E-state index contributed by atoms with van der Waals surface area (Å²) in [6.07, 6.45) is 3.47. The Hall–Kier alpha value is -0.260. The van der Waals surface area contributed by atoms with Crippen molar-refractivity contribution >= 4 is 17.7 Å². The van der Waals surface area contributed by atoms with E-state index in [1.807, 2.05) is 0 Å². The molecule has 17 heavy (non-hydrogen) atoms. The maximum Gasteiger partial charge on any atom is 0.329 e. The van der Waals surface area contributed by atoms with E-state index in [4.69, 9.17) is 9.84 Å². The minimum absolute atomic E-state index is 0.149. The number of likely N-dealkylation sites (tertiary alicyclic amines) is 1. The molecule has 1 atom stereocenters. The molecule has 0 saturated carbocycles. The molecule has 2 aliphatic rings. The Bertz CT molecular complexity index is 248. The number of aliphatic carboxylic acids is 1. The summed E-state index contributed by atoms with van der Waals surface area (Å²) in [5, 5.41) is 8.55. The summed E-state index contributed by atoms with van der Waals surface area (Å²) >= 11 is 2.07. The number of piperidine rings is 1. The molecule has 0 radical (unpaired) electrons. The molecule has 5 heteroatoms. The van der Waals surface area contributed by atoms with Crippen LogP contribution in [0, 0.1) is 5.92 Å². The van der Waals surface area contributed by atoms with Crippen LogP contribution in [0.1, 0.15) is 19.3 Å². The number of carboxylic acid groups (broad SMARTS) is 1. The van der Waals surface area contributed by atoms with Gasteiger partial charge in [-0.05, 0) is 36.7 Å². The summed E-state index contributed by atoms with van der Waals surface area (Å²) in [6, 6.07) is 0. The maximum atomic E-state index is 10.4. The highest BCUT2D eigenvalue weighted by Gasteiger charge is 2.24. The fourth-order valence-electron chi connectivity index (χ4n) is 2.54. The Labute approximate surface area is 107 Å². The van der Waals surface area contributed by atoms with Crippen LogP contribution in [0.25, 0.3) is 0 Å². The van der Waals surface area contributed by atoms with Crippen molar-refractivity contribution < 1.29 is 14.6 Å². The molecule has 98 valence electrons. The zero-order chi connectivity index (χ0) is 12.1. The number of carboxylic acids is 1. The van der Waals surface area contributed by atoms with Crippen LogP contribution >= 0.6 is 11.8 Å². The van der Waals surface area contributed by atoms with Gasteiger partial charge in [-0.15, -0.1) is 0 Å². The molecule has 2 saturated heterocycles. The van der Waals surface area contributed by atoms with Crippen LogP contribution in [-0.2, 0) is 9.53 Å². The summed E-state index contributed by atoms with van der Waals surface area (Å²) in [7, 11) is 0. The fraction of sp³-hybridized carbons (Fsp3) is 0.917. The lowest BCUT2D eigenvalue weighted by atomic mass is 10.0. The molecule has 0 aliphatic carbocycles. The molecule has 0 aromatic carbocycles. The number of carbonyl (C=O) groups is 1. The van der Waals surface area contributed by atoms with Crippen LogP contribution in [0.2, 0.25) is 0 Å². The van der Waals surface area contributed by atoms with E-state index in [9.17, 15) is 4.79 Å². The average Bonchev–Trinajstić information content (AvgIpc) is 2.81. The topological polar surface area (TPSA) is 49.8 Å². The third-order valence-electron chi connectivity index (χ3n) is 3.52. The van der Waals surface area contributed by atoms with Gasteiger partial charge in [0, 0.05) is 19.6 Å². The van der Waals surface area contributed by atoms with Gasteiger partial charge in [-0.25, -0.2) is 4.79 Å². The lowest BCUT2D eigenvalue weighted by Gasteiger charge is -2.33. The van der Waals surface area contributed by atoms with Crippen molar-refractivity contribution in [2.24, 2.45) is 5.92 Å². The Morgan fingerprint density at radius 3 is 2.71 bits per heavy atom. The highest BCUT2D eigenvalue weighted by atomic mass is 32.2. The molecule has 2 rings (SSSR count). The summed E-state index contributed by atoms with van der Waals surface area (Å²) in [5.41, 5.74) is 0. The molecule has 2 heterocycles. The van der Waals surface area contributed by atoms with E-state index in [-0.39, 0.29) is 12.7 Å². The van der Waals surface area contributed by atoms with Crippen LogP contribution < -0.4 is 0 Å². The molecule has 2 aliphatic heterocycles. The van der Waals surface area contributed by atoms with E-state index >= 15 is 0 Å². The van der Waals surface area contributed by atoms with Gasteiger partial charge in [0.1, 0.15) is 6.61 Å². The average molecular weight is 259 g/mol. The first-order chi connectivity index (χ1) is 8.24. The van der Waals surface area contributed by atoms with Crippen molar-refractivity contribution in [1.29, 1.82) is 0 Å². The van der Waals surface area contributed by atoms with E-state index in [0.717, 1.165) is 31.8 Å². The Morgan fingerprint density at radius 1 is 1.35 bits per heavy atom. The third kappa shape index (κ3) is 4.48. The quantitative estimate of drug-likeness (QED) is 0.806. The van der Waals surface area contributed by atoms with Crippen molar-refractivity contribution in [3.8, 4) is 0 Å². The van der Waals surface area contributed by atoms with Crippen LogP contribution in [0.5, 0.6) is 0 Å². The van der Waals surface area contributed by atoms with E-state index in [1.54, 1.807) is 0 Å². The predicted octanol–water partition coefficient (Wildman–Crippen LogP) is 1.31. The summed E-state index contributed by atoms with van der Waals surface area (Å²) in [6.45, 7) is 3.19. The minimum Gasteiger partial charge on any atom is -0.480 e. The van der Waals surface area contributed by atoms with E-state index < -0.39 is 5.97 Å². The van der Waals surface area contributed by atoms with Gasteiger partial charge in [-0.3, -0.25) is 0 Å². The molecule has 0 bridgehead atoms. The van der Waals surface area contributed by atoms with Crippen LogP contribution in [0.3, 0.4) is 0 Å². The molecule has 0 spiro atoms. The molecule has 2 fully saturated rings. The monoisotopic (exact) mass is 259 g/mol. The standard InChI is InChI=1S/C12H21NO3S/c14-12(15)8-16-11-1-4-13(5-2-11)7-10-3-6-17-9-10/h10-11H,1-9H2,(H,14,15). The van der Waals surface area contributed by atoms with Gasteiger partial charge >= 0.3 is 5.97 Å². The lowest BCUT2D eigenvalue weighted by Crippen LogP contribution is -2.40. The fourth-order valence-corrected chi connectivity index (χ4v) is 3.81. The van der Waals surface area contributed by atoms with E-state index in [1.165, 1.54) is 24.5 Å². The molecule has 0 aromatic heterocycles. The number of hydrogen-bond donors (Lipinski definition) is 1.